The topological polar surface area (TPSA) is 85.2 Å². The molecule has 0 amide bonds. The molecule has 1 saturated heterocycles. The molecular formula is C28H27ClF2N6O2S. The van der Waals surface area contributed by atoms with Gasteiger partial charge in [0.25, 0.3) is 0 Å². The fourth-order valence-corrected chi connectivity index (χ4v) is 7.08. The number of hydrogen-bond donors (Lipinski definition) is 1. The zero-order valence-corrected chi connectivity index (χ0v) is 23.7. The van der Waals surface area contributed by atoms with E-state index in [0.29, 0.717) is 40.6 Å². The summed E-state index contributed by atoms with van der Waals surface area (Å²) in [5.41, 5.74) is 1.69. The zero-order chi connectivity index (χ0) is 28.1. The molecule has 1 fully saturated rings. The van der Waals surface area contributed by atoms with E-state index in [1.165, 1.54) is 17.8 Å². The first-order valence-electron chi connectivity index (χ1n) is 13.0. The zero-order valence-electron chi connectivity index (χ0n) is 22.1. The van der Waals surface area contributed by atoms with Crippen molar-refractivity contribution in [1.82, 2.24) is 24.8 Å². The lowest BCUT2D eigenvalue weighted by Gasteiger charge is -2.37. The minimum absolute atomic E-state index is 0.167. The van der Waals surface area contributed by atoms with Crippen LogP contribution in [-0.4, -0.2) is 56.5 Å². The molecule has 0 radical (unpaired) electrons. The first-order chi connectivity index (χ1) is 19.2. The van der Waals surface area contributed by atoms with Crippen LogP contribution in [0.3, 0.4) is 0 Å². The Bertz CT molecular complexity index is 1660. The van der Waals surface area contributed by atoms with Gasteiger partial charge in [-0.25, -0.2) is 23.5 Å². The number of aryl methyl sites for hydroxylation is 1. The van der Waals surface area contributed by atoms with E-state index in [0.717, 1.165) is 17.0 Å². The lowest BCUT2D eigenvalue weighted by atomic mass is 9.97. The molecule has 0 bridgehead atoms. The Morgan fingerprint density at radius 3 is 2.52 bits per heavy atom. The van der Waals surface area contributed by atoms with Gasteiger partial charge in [-0.05, 0) is 44.5 Å². The second-order valence-electron chi connectivity index (χ2n) is 10.3. The lowest BCUT2D eigenvalue weighted by molar-refractivity contribution is 0.187. The van der Waals surface area contributed by atoms with Crippen molar-refractivity contribution in [3.8, 4) is 17.1 Å². The Labute approximate surface area is 238 Å². The molecule has 2 aliphatic heterocycles. The summed E-state index contributed by atoms with van der Waals surface area (Å²) in [6, 6.07) is 6.32. The van der Waals surface area contributed by atoms with E-state index in [-0.39, 0.29) is 35.2 Å². The van der Waals surface area contributed by atoms with E-state index >= 15 is 4.39 Å². The number of nitrogens with zero attached hydrogens (tertiary/aromatic N) is 5. The number of thioether (sulfide) groups is 1. The molecule has 6 rings (SSSR count). The Hall–Kier alpha value is -3.28. The highest BCUT2D eigenvalue weighted by Crippen LogP contribution is 2.45. The van der Waals surface area contributed by atoms with Gasteiger partial charge in [0.05, 0.1) is 17.1 Å². The van der Waals surface area contributed by atoms with Crippen molar-refractivity contribution < 1.29 is 13.5 Å². The molecule has 1 N–H and O–H groups in total. The number of hydrogen-bond acceptors (Lipinski definition) is 8. The molecule has 2 aromatic heterocycles. The van der Waals surface area contributed by atoms with E-state index in [1.807, 2.05) is 13.0 Å². The molecule has 0 aliphatic carbocycles. The van der Waals surface area contributed by atoms with Crippen molar-refractivity contribution in [2.75, 3.05) is 23.7 Å². The van der Waals surface area contributed by atoms with Crippen molar-refractivity contribution in [3.63, 3.8) is 0 Å². The van der Waals surface area contributed by atoms with Crippen LogP contribution in [0.25, 0.3) is 22.0 Å². The number of aromatic nitrogens is 4. The lowest BCUT2D eigenvalue weighted by Crippen LogP contribution is -2.55. The maximum absolute atomic E-state index is 15.3. The summed E-state index contributed by atoms with van der Waals surface area (Å²) in [7, 11) is 0. The second-order valence-corrected chi connectivity index (χ2v) is 11.8. The molecule has 3 atom stereocenters. The Kier molecular flexibility index (Phi) is 7.14. The maximum Gasteiger partial charge on any atom is 0.350 e. The van der Waals surface area contributed by atoms with Gasteiger partial charge in [0.15, 0.2) is 0 Å². The molecular weight excluding hydrogens is 558 g/mol. The fraction of sp³-hybridized carbons (Fsp3) is 0.357. The van der Waals surface area contributed by atoms with Crippen LogP contribution in [-0.2, 0) is 6.54 Å². The quantitative estimate of drug-likeness (QED) is 0.341. The minimum Gasteiger partial charge on any atom is -0.457 e. The minimum atomic E-state index is -0.832. The summed E-state index contributed by atoms with van der Waals surface area (Å²) >= 11 is 7.56. The van der Waals surface area contributed by atoms with Crippen molar-refractivity contribution in [3.05, 3.63) is 69.4 Å². The van der Waals surface area contributed by atoms with Crippen LogP contribution in [0.15, 0.2) is 46.3 Å². The standard InChI is InChI=1S/C28H27ClF2N6O2S/c1-14-7-19-24-25(23(14)18-8-20(29)22(31)9-21(18)30)40-13-17(39-27-32-5-4-6-33-27)12-37(24)28(38)35-26(19)36-10-15(2)34-16(3)11-36/h4-9,15-17,34H,10-13H2,1-3H3/t15-,16+,17-/m0/s1. The van der Waals surface area contributed by atoms with Gasteiger partial charge in [-0.3, -0.25) is 4.57 Å². The molecule has 8 nitrogen and oxygen atoms in total. The summed E-state index contributed by atoms with van der Waals surface area (Å²) in [6.07, 6.45) is 2.70. The summed E-state index contributed by atoms with van der Waals surface area (Å²) in [5.74, 6) is -0.542. The predicted molar refractivity (Wildman–Crippen MR) is 153 cm³/mol. The molecule has 40 heavy (non-hydrogen) atoms. The molecule has 12 heteroatoms. The molecule has 0 saturated carbocycles. The smallest absolute Gasteiger partial charge is 0.350 e. The third-order valence-electron chi connectivity index (χ3n) is 7.15. The van der Waals surface area contributed by atoms with Gasteiger partial charge in [-0.1, -0.05) is 11.6 Å². The first-order valence-corrected chi connectivity index (χ1v) is 14.4. The average molecular weight is 585 g/mol. The number of nitrogens with one attached hydrogen (secondary N) is 1. The molecule has 4 aromatic rings. The highest BCUT2D eigenvalue weighted by atomic mass is 35.5. The second kappa shape index (κ2) is 10.6. The SMILES string of the molecule is Cc1cc2c(N3C[C@@H](C)N[C@@H](C)C3)nc(=O)n3c2c(c1-c1cc(Cl)c(F)cc1F)SC[C@@H](Oc1ncccn1)C3. The van der Waals surface area contributed by atoms with Crippen molar-refractivity contribution >= 4 is 40.1 Å². The number of anilines is 1. The molecule has 0 unspecified atom stereocenters. The van der Waals surface area contributed by atoms with E-state index in [4.69, 9.17) is 16.3 Å². The summed E-state index contributed by atoms with van der Waals surface area (Å²) in [5, 5.41) is 4.12. The molecule has 208 valence electrons. The van der Waals surface area contributed by atoms with Crippen LogP contribution in [0.2, 0.25) is 5.02 Å². The van der Waals surface area contributed by atoms with Gasteiger partial charge in [-0.15, -0.1) is 11.8 Å². The predicted octanol–water partition coefficient (Wildman–Crippen LogP) is 4.83. The van der Waals surface area contributed by atoms with Gasteiger partial charge in [-0.2, -0.15) is 4.98 Å². The Morgan fingerprint density at radius 2 is 1.80 bits per heavy atom. The van der Waals surface area contributed by atoms with Crippen molar-refractivity contribution in [1.29, 1.82) is 0 Å². The van der Waals surface area contributed by atoms with Gasteiger partial charge in [0, 0.05) is 70.8 Å². The van der Waals surface area contributed by atoms with E-state index in [1.54, 1.807) is 23.0 Å². The van der Waals surface area contributed by atoms with Crippen molar-refractivity contribution in [2.24, 2.45) is 0 Å². The Balaban J connectivity index is 1.59. The number of benzene rings is 2. The maximum atomic E-state index is 15.3. The monoisotopic (exact) mass is 584 g/mol. The third-order valence-corrected chi connectivity index (χ3v) is 8.66. The summed E-state index contributed by atoms with van der Waals surface area (Å²) in [6.45, 7) is 7.63. The van der Waals surface area contributed by atoms with E-state index in [2.05, 4.69) is 39.0 Å². The molecule has 0 spiro atoms. The van der Waals surface area contributed by atoms with Gasteiger partial charge >= 0.3 is 11.7 Å². The Morgan fingerprint density at radius 1 is 1.07 bits per heavy atom. The molecule has 2 aliphatic rings. The summed E-state index contributed by atoms with van der Waals surface area (Å²) < 4.78 is 37.1. The van der Waals surface area contributed by atoms with Crippen LogP contribution < -0.4 is 20.6 Å². The van der Waals surface area contributed by atoms with Crippen LogP contribution in [0.5, 0.6) is 6.01 Å². The third kappa shape index (κ3) is 4.90. The van der Waals surface area contributed by atoms with Crippen LogP contribution >= 0.6 is 23.4 Å². The van der Waals surface area contributed by atoms with Gasteiger partial charge in [0.1, 0.15) is 23.6 Å². The summed E-state index contributed by atoms with van der Waals surface area (Å²) in [4.78, 5) is 29.4. The van der Waals surface area contributed by atoms with Crippen LogP contribution in [0.4, 0.5) is 14.6 Å². The highest BCUT2D eigenvalue weighted by molar-refractivity contribution is 7.99. The van der Waals surface area contributed by atoms with E-state index < -0.39 is 23.4 Å². The highest BCUT2D eigenvalue weighted by Gasteiger charge is 2.31. The van der Waals surface area contributed by atoms with Gasteiger partial charge in [0.2, 0.25) is 0 Å². The molecule has 4 heterocycles. The van der Waals surface area contributed by atoms with Crippen molar-refractivity contribution in [2.45, 2.75) is 50.4 Å². The number of ether oxygens (including phenoxy) is 1. The van der Waals surface area contributed by atoms with Gasteiger partial charge < -0.3 is 15.0 Å². The van der Waals surface area contributed by atoms with Crippen LogP contribution in [0, 0.1) is 18.6 Å². The number of halogens is 3. The average Bonchev–Trinajstić information content (AvgIpc) is 3.09. The first kappa shape index (κ1) is 26.9. The largest absolute Gasteiger partial charge is 0.457 e. The van der Waals surface area contributed by atoms with Crippen LogP contribution in [0.1, 0.15) is 19.4 Å². The van der Waals surface area contributed by atoms with E-state index in [9.17, 15) is 9.18 Å². The number of piperazine rings is 1. The normalized spacial score (nSPS) is 20.9. The fourth-order valence-electron chi connectivity index (χ4n) is 5.62. The molecule has 2 aromatic carbocycles. The number of rotatable bonds is 4.